The molecule has 0 radical (unpaired) electrons. The van der Waals surface area contributed by atoms with Crippen LogP contribution in [0.25, 0.3) is 55.2 Å². The summed E-state index contributed by atoms with van der Waals surface area (Å²) in [6.45, 7) is 1.29. The molecule has 0 aliphatic carbocycles. The Hall–Kier alpha value is -5.13. The average Bonchev–Trinajstić information content (AvgIpc) is 3.77. The Morgan fingerprint density at radius 3 is 2.64 bits per heavy atom. The first kappa shape index (κ1) is 25.8. The molecule has 0 spiro atoms. The van der Waals surface area contributed by atoms with E-state index in [1.165, 1.54) is 16.9 Å². The minimum atomic E-state index is -0.511. The molecular formula is C31H23FN8OS. The Kier molecular flexibility index (Phi) is 6.78. The summed E-state index contributed by atoms with van der Waals surface area (Å²) in [7, 11) is 0. The lowest BCUT2D eigenvalue weighted by Gasteiger charge is -2.08. The van der Waals surface area contributed by atoms with Gasteiger partial charge in [0.15, 0.2) is 11.6 Å². The highest BCUT2D eigenvalue weighted by Crippen LogP contribution is 2.36. The van der Waals surface area contributed by atoms with Gasteiger partial charge in [0.2, 0.25) is 0 Å². The van der Waals surface area contributed by atoms with Crippen LogP contribution < -0.4 is 5.32 Å². The van der Waals surface area contributed by atoms with Crippen molar-refractivity contribution < 1.29 is 9.18 Å². The van der Waals surface area contributed by atoms with Crippen molar-refractivity contribution in [1.29, 1.82) is 0 Å². The van der Waals surface area contributed by atoms with E-state index < -0.39 is 5.82 Å². The zero-order valence-electron chi connectivity index (χ0n) is 22.1. The molecule has 9 nitrogen and oxygen atoms in total. The molecule has 6 aromatic heterocycles. The molecule has 0 fully saturated rings. The number of hydrogen-bond donors (Lipinski definition) is 3. The van der Waals surface area contributed by atoms with E-state index in [4.69, 9.17) is 4.98 Å². The number of aromatic nitrogens is 7. The van der Waals surface area contributed by atoms with Crippen LogP contribution in [0.3, 0.4) is 0 Å². The van der Waals surface area contributed by atoms with Gasteiger partial charge in [0.25, 0.3) is 0 Å². The molecule has 7 rings (SSSR count). The maximum absolute atomic E-state index is 16.2. The van der Waals surface area contributed by atoms with Gasteiger partial charge in [-0.05, 0) is 29.3 Å². The minimum Gasteiger partial charge on any atom is -0.335 e. The normalized spacial score (nSPS) is 11.5. The van der Waals surface area contributed by atoms with Gasteiger partial charge < -0.3 is 15.1 Å². The molecule has 3 N–H and O–H groups in total. The maximum atomic E-state index is 16.2. The Labute approximate surface area is 242 Å². The van der Waals surface area contributed by atoms with Crippen LogP contribution in [0.2, 0.25) is 0 Å². The van der Waals surface area contributed by atoms with Crippen LogP contribution in [-0.2, 0) is 24.3 Å². The van der Waals surface area contributed by atoms with E-state index in [0.29, 0.717) is 53.1 Å². The summed E-state index contributed by atoms with van der Waals surface area (Å²) in [6, 6.07) is 15.9. The van der Waals surface area contributed by atoms with Crippen LogP contribution in [-0.4, -0.2) is 41.4 Å². The van der Waals surface area contributed by atoms with Crippen LogP contribution in [0.4, 0.5) is 4.39 Å². The number of carbonyl (C=O) groups is 1. The molecule has 11 heteroatoms. The van der Waals surface area contributed by atoms with Crippen molar-refractivity contribution in [3.63, 3.8) is 0 Å². The highest BCUT2D eigenvalue weighted by atomic mass is 32.1. The molecule has 7 aromatic rings. The summed E-state index contributed by atoms with van der Waals surface area (Å²) in [4.78, 5) is 34.0. The van der Waals surface area contributed by atoms with Crippen molar-refractivity contribution in [3.8, 4) is 33.2 Å². The number of hydrogen-bond acceptors (Lipinski definition) is 8. The number of halogens is 1. The first-order valence-corrected chi connectivity index (χ1v) is 14.1. The number of nitrogens with zero attached hydrogens (tertiary/aromatic N) is 5. The molecule has 0 bridgehead atoms. The molecule has 1 aromatic carbocycles. The number of pyridine rings is 3. The van der Waals surface area contributed by atoms with Gasteiger partial charge in [-0.2, -0.15) is 5.10 Å². The molecule has 6 heterocycles. The third-order valence-electron chi connectivity index (χ3n) is 6.94. The second-order valence-electron chi connectivity index (χ2n) is 9.76. The van der Waals surface area contributed by atoms with Crippen molar-refractivity contribution in [1.82, 2.24) is 40.4 Å². The van der Waals surface area contributed by atoms with Gasteiger partial charge in [-0.15, -0.1) is 11.3 Å². The smallest absolute Gasteiger partial charge is 0.161 e. The predicted octanol–water partition coefficient (Wildman–Crippen LogP) is 5.86. The maximum Gasteiger partial charge on any atom is 0.161 e. The van der Waals surface area contributed by atoms with Gasteiger partial charge >= 0.3 is 0 Å². The molecule has 0 atom stereocenters. The molecule has 0 aliphatic rings. The van der Waals surface area contributed by atoms with Gasteiger partial charge in [0, 0.05) is 59.0 Å². The third-order valence-corrected chi connectivity index (χ3v) is 8.08. The van der Waals surface area contributed by atoms with Crippen molar-refractivity contribution in [2.24, 2.45) is 0 Å². The summed E-state index contributed by atoms with van der Waals surface area (Å²) >= 11 is 1.52. The standard InChI is InChI=1S/C31H23FN8OS/c32-27-26-23(17-36-28(27)20-10-19(13-34-14-20)12-33-11-18-4-2-1-3-5-18)39-40-30(26)31-37-24-16-35-15-22(29(24)38-31)25-7-6-21(42-25)8-9-41/h1-7,9-10,13-17,33H,8,11-12H2,(H,37,38)(H,39,40). The van der Waals surface area contributed by atoms with E-state index >= 15 is 4.39 Å². The zero-order valence-corrected chi connectivity index (χ0v) is 23.0. The van der Waals surface area contributed by atoms with Crippen LogP contribution in [0.5, 0.6) is 0 Å². The van der Waals surface area contributed by atoms with Crippen LogP contribution in [0.15, 0.2) is 79.5 Å². The highest BCUT2D eigenvalue weighted by molar-refractivity contribution is 7.15. The van der Waals surface area contributed by atoms with Crippen molar-refractivity contribution >= 4 is 39.6 Å². The van der Waals surface area contributed by atoms with Gasteiger partial charge in [-0.3, -0.25) is 20.1 Å². The number of aldehydes is 1. The second-order valence-corrected chi connectivity index (χ2v) is 10.9. The van der Waals surface area contributed by atoms with Gasteiger partial charge in [-0.25, -0.2) is 9.37 Å². The zero-order chi connectivity index (χ0) is 28.5. The molecule has 42 heavy (non-hydrogen) atoms. The summed E-state index contributed by atoms with van der Waals surface area (Å²) < 4.78 is 16.2. The molecule has 0 unspecified atom stereocenters. The second kappa shape index (κ2) is 11.0. The molecule has 0 amide bonds. The summed E-state index contributed by atoms with van der Waals surface area (Å²) in [5.41, 5.74) is 5.85. The monoisotopic (exact) mass is 574 g/mol. The number of fused-ring (bicyclic) bond motifs is 2. The van der Waals surface area contributed by atoms with E-state index in [1.807, 2.05) is 36.4 Å². The van der Waals surface area contributed by atoms with E-state index in [1.54, 1.807) is 31.0 Å². The first-order chi connectivity index (χ1) is 20.7. The number of carbonyl (C=O) groups excluding carboxylic acids is 1. The van der Waals surface area contributed by atoms with E-state index in [2.05, 4.69) is 47.6 Å². The van der Waals surface area contributed by atoms with Crippen molar-refractivity contribution in [3.05, 3.63) is 101 Å². The first-order valence-electron chi connectivity index (χ1n) is 13.3. The number of benzene rings is 1. The summed E-state index contributed by atoms with van der Waals surface area (Å²) in [5, 5.41) is 11.0. The van der Waals surface area contributed by atoms with Crippen LogP contribution in [0.1, 0.15) is 16.0 Å². The van der Waals surface area contributed by atoms with E-state index in [9.17, 15) is 4.79 Å². The fourth-order valence-corrected chi connectivity index (χ4v) is 5.91. The van der Waals surface area contributed by atoms with Crippen molar-refractivity contribution in [2.45, 2.75) is 19.5 Å². The lowest BCUT2D eigenvalue weighted by molar-refractivity contribution is -0.107. The van der Waals surface area contributed by atoms with Crippen molar-refractivity contribution in [2.75, 3.05) is 0 Å². The summed E-state index contributed by atoms with van der Waals surface area (Å²) in [5.74, 6) is -0.105. The molecule has 0 aliphatic heterocycles. The molecule has 0 saturated carbocycles. The largest absolute Gasteiger partial charge is 0.335 e. The number of imidazole rings is 1. The Balaban J connectivity index is 1.22. The lowest BCUT2D eigenvalue weighted by Crippen LogP contribution is -2.12. The fourth-order valence-electron chi connectivity index (χ4n) is 4.95. The van der Waals surface area contributed by atoms with Crippen LogP contribution >= 0.6 is 11.3 Å². The van der Waals surface area contributed by atoms with Gasteiger partial charge in [0.05, 0.1) is 28.8 Å². The predicted molar refractivity (Wildman–Crippen MR) is 160 cm³/mol. The number of nitrogens with one attached hydrogen (secondary N) is 3. The SMILES string of the molecule is O=CCc1ccc(-c2cncc3[nH]c(-c4n[nH]c5cnc(-c6cncc(CNCc7ccccc7)c6)c(F)c45)nc23)s1. The third kappa shape index (κ3) is 4.84. The lowest BCUT2D eigenvalue weighted by atomic mass is 10.1. The fraction of sp³-hybridized carbons (Fsp3) is 0.0968. The number of thiophene rings is 1. The van der Waals surface area contributed by atoms with E-state index in [0.717, 1.165) is 27.2 Å². The Bertz CT molecular complexity index is 2050. The molecular weight excluding hydrogens is 551 g/mol. The quantitative estimate of drug-likeness (QED) is 0.185. The number of aromatic amines is 2. The number of rotatable bonds is 9. The minimum absolute atomic E-state index is 0.183. The Morgan fingerprint density at radius 1 is 0.905 bits per heavy atom. The molecule has 206 valence electrons. The molecule has 0 saturated heterocycles. The van der Waals surface area contributed by atoms with E-state index in [-0.39, 0.29) is 11.1 Å². The number of H-pyrrole nitrogens is 2. The van der Waals surface area contributed by atoms with Gasteiger partial charge in [0.1, 0.15) is 23.2 Å². The summed E-state index contributed by atoms with van der Waals surface area (Å²) in [6.07, 6.45) is 9.60. The van der Waals surface area contributed by atoms with Gasteiger partial charge in [-0.1, -0.05) is 30.3 Å². The average molecular weight is 575 g/mol. The Morgan fingerprint density at radius 2 is 1.76 bits per heavy atom. The highest BCUT2D eigenvalue weighted by Gasteiger charge is 2.21. The topological polar surface area (TPSA) is 125 Å². The van der Waals surface area contributed by atoms with Crippen LogP contribution in [0, 0.1) is 5.82 Å².